The number of pyridine rings is 2. The molecule has 4 aromatic rings. The number of fused-ring (bicyclic) bond motifs is 6. The van der Waals surface area contributed by atoms with E-state index in [0.717, 1.165) is 23.8 Å². The number of nitrogens with one attached hydrogen (secondary N) is 1. The summed E-state index contributed by atoms with van der Waals surface area (Å²) in [4.78, 5) is 16.8. The first kappa shape index (κ1) is 21.7. The van der Waals surface area contributed by atoms with Crippen LogP contribution in [-0.2, 0) is 20.1 Å². The Balaban J connectivity index is 0.00000228. The third kappa shape index (κ3) is 3.71. The van der Waals surface area contributed by atoms with Crippen molar-refractivity contribution >= 4 is 23.3 Å². The van der Waals surface area contributed by atoms with Gasteiger partial charge in [-0.2, -0.15) is 0 Å². The quantitative estimate of drug-likeness (QED) is 0.489. The van der Waals surface area contributed by atoms with Crippen LogP contribution in [-0.4, -0.2) is 20.2 Å². The van der Waals surface area contributed by atoms with Crippen LogP contribution in [0.1, 0.15) is 35.8 Å². The van der Waals surface area contributed by atoms with Crippen molar-refractivity contribution in [2.24, 2.45) is 7.05 Å². The van der Waals surface area contributed by atoms with Crippen molar-refractivity contribution in [3.05, 3.63) is 88.0 Å². The SMILES string of the molecule is Cl.Cn1c2c(c3ccc(-n4ccc(OCc5ccc(F)cn5)cc4=O)cc31)C1CCC(C2)N1. The molecular weight excluding hydrogens is 443 g/mol. The number of hydrogen-bond acceptors (Lipinski definition) is 4. The van der Waals surface area contributed by atoms with Gasteiger partial charge in [0.1, 0.15) is 18.2 Å². The first-order chi connectivity index (χ1) is 15.6. The lowest BCUT2D eigenvalue weighted by atomic mass is 9.99. The van der Waals surface area contributed by atoms with E-state index in [1.165, 1.54) is 41.6 Å². The number of benzene rings is 1. The van der Waals surface area contributed by atoms with E-state index in [4.69, 9.17) is 4.74 Å². The van der Waals surface area contributed by atoms with Crippen LogP contribution in [0.2, 0.25) is 0 Å². The Morgan fingerprint density at radius 2 is 2.06 bits per heavy atom. The summed E-state index contributed by atoms with van der Waals surface area (Å²) in [6.07, 6.45) is 6.35. The average Bonchev–Trinajstić information content (AvgIpc) is 3.31. The third-order valence-electron chi connectivity index (χ3n) is 6.72. The maximum atomic E-state index is 13.0. The van der Waals surface area contributed by atoms with Crippen molar-refractivity contribution in [3.8, 4) is 11.4 Å². The molecule has 1 fully saturated rings. The second kappa shape index (κ2) is 8.32. The smallest absolute Gasteiger partial charge is 0.258 e. The molecule has 1 saturated heterocycles. The minimum Gasteiger partial charge on any atom is -0.487 e. The molecule has 5 heterocycles. The van der Waals surface area contributed by atoms with Gasteiger partial charge >= 0.3 is 0 Å². The molecule has 2 unspecified atom stereocenters. The van der Waals surface area contributed by atoms with Gasteiger partial charge in [0, 0.05) is 48.9 Å². The first-order valence-electron chi connectivity index (χ1n) is 10.9. The number of rotatable bonds is 4. The summed E-state index contributed by atoms with van der Waals surface area (Å²) in [5, 5.41) is 5.00. The monoisotopic (exact) mass is 466 g/mol. The molecule has 0 spiro atoms. The molecule has 170 valence electrons. The van der Waals surface area contributed by atoms with Gasteiger partial charge in [-0.25, -0.2) is 4.39 Å². The van der Waals surface area contributed by atoms with Gasteiger partial charge in [0.15, 0.2) is 0 Å². The summed E-state index contributed by atoms with van der Waals surface area (Å²) < 4.78 is 22.6. The fraction of sp³-hybridized carbons (Fsp3) is 0.280. The summed E-state index contributed by atoms with van der Waals surface area (Å²) in [5.74, 6) is 0.0611. The van der Waals surface area contributed by atoms with Gasteiger partial charge in [0.2, 0.25) is 0 Å². The van der Waals surface area contributed by atoms with E-state index in [-0.39, 0.29) is 24.6 Å². The van der Waals surface area contributed by atoms with Crippen molar-refractivity contribution < 1.29 is 9.13 Å². The zero-order valence-electron chi connectivity index (χ0n) is 18.1. The summed E-state index contributed by atoms with van der Waals surface area (Å²) >= 11 is 0. The molecule has 33 heavy (non-hydrogen) atoms. The normalized spacial score (nSPS) is 18.7. The van der Waals surface area contributed by atoms with Crippen LogP contribution < -0.4 is 15.6 Å². The molecule has 3 aromatic heterocycles. The van der Waals surface area contributed by atoms with E-state index in [2.05, 4.69) is 34.0 Å². The third-order valence-corrected chi connectivity index (χ3v) is 6.72. The Morgan fingerprint density at radius 1 is 1.18 bits per heavy atom. The van der Waals surface area contributed by atoms with E-state index in [1.54, 1.807) is 22.9 Å². The van der Waals surface area contributed by atoms with Crippen molar-refractivity contribution in [3.63, 3.8) is 0 Å². The summed E-state index contributed by atoms with van der Waals surface area (Å²) in [7, 11) is 2.12. The van der Waals surface area contributed by atoms with E-state index >= 15 is 0 Å². The summed E-state index contributed by atoms with van der Waals surface area (Å²) in [5.41, 5.74) is 5.23. The van der Waals surface area contributed by atoms with E-state index in [1.807, 2.05) is 6.07 Å². The van der Waals surface area contributed by atoms with E-state index in [9.17, 15) is 9.18 Å². The molecule has 2 atom stereocenters. The Labute approximate surface area is 196 Å². The number of ether oxygens (including phenoxy) is 1. The lowest BCUT2D eigenvalue weighted by Crippen LogP contribution is -2.32. The van der Waals surface area contributed by atoms with Gasteiger partial charge in [-0.3, -0.25) is 14.3 Å². The lowest BCUT2D eigenvalue weighted by Gasteiger charge is -2.23. The van der Waals surface area contributed by atoms with E-state index in [0.29, 0.717) is 23.5 Å². The average molecular weight is 467 g/mol. The Hall–Kier alpha value is -3.16. The highest BCUT2D eigenvalue weighted by Crippen LogP contribution is 2.41. The molecule has 0 aliphatic carbocycles. The molecule has 0 amide bonds. The molecule has 2 aliphatic rings. The van der Waals surface area contributed by atoms with Crippen molar-refractivity contribution in [1.29, 1.82) is 0 Å². The molecule has 2 aliphatic heterocycles. The topological polar surface area (TPSA) is 61.1 Å². The molecule has 1 aromatic carbocycles. The molecule has 0 radical (unpaired) electrons. The van der Waals surface area contributed by atoms with Crippen LogP contribution in [0.4, 0.5) is 4.39 Å². The van der Waals surface area contributed by atoms with Crippen LogP contribution in [0, 0.1) is 5.82 Å². The number of aromatic nitrogens is 3. The number of hydrogen-bond donors (Lipinski definition) is 1. The number of aryl methyl sites for hydroxylation is 1. The summed E-state index contributed by atoms with van der Waals surface area (Å²) in [6.45, 7) is 0.167. The fourth-order valence-electron chi connectivity index (χ4n) is 5.15. The molecular formula is C25H24ClFN4O2. The second-order valence-electron chi connectivity index (χ2n) is 8.65. The Bertz CT molecular complexity index is 1400. The zero-order valence-corrected chi connectivity index (χ0v) is 18.9. The Morgan fingerprint density at radius 3 is 2.85 bits per heavy atom. The van der Waals surface area contributed by atoms with Crippen molar-refractivity contribution in [2.45, 2.75) is 38.0 Å². The van der Waals surface area contributed by atoms with Crippen LogP contribution in [0.25, 0.3) is 16.6 Å². The highest BCUT2D eigenvalue weighted by molar-refractivity contribution is 5.88. The molecule has 0 saturated carbocycles. The predicted octanol–water partition coefficient (Wildman–Crippen LogP) is 4.21. The van der Waals surface area contributed by atoms with Gasteiger partial charge in [-0.15, -0.1) is 12.4 Å². The van der Waals surface area contributed by atoms with Gasteiger partial charge in [0.25, 0.3) is 5.56 Å². The molecule has 6 rings (SSSR count). The fourth-order valence-corrected chi connectivity index (χ4v) is 5.15. The van der Waals surface area contributed by atoms with Crippen LogP contribution in [0.3, 0.4) is 0 Å². The molecule has 1 N–H and O–H groups in total. The lowest BCUT2D eigenvalue weighted by molar-refractivity contribution is 0.300. The molecule has 6 nitrogen and oxygen atoms in total. The second-order valence-corrected chi connectivity index (χ2v) is 8.65. The van der Waals surface area contributed by atoms with Crippen LogP contribution >= 0.6 is 12.4 Å². The highest BCUT2D eigenvalue weighted by atomic mass is 35.5. The highest BCUT2D eigenvalue weighted by Gasteiger charge is 2.35. The first-order valence-corrected chi connectivity index (χ1v) is 10.9. The van der Waals surface area contributed by atoms with Crippen molar-refractivity contribution in [2.75, 3.05) is 0 Å². The van der Waals surface area contributed by atoms with Gasteiger partial charge in [0.05, 0.1) is 23.1 Å². The Kier molecular flexibility index (Phi) is 5.46. The zero-order chi connectivity index (χ0) is 21.8. The summed E-state index contributed by atoms with van der Waals surface area (Å²) in [6, 6.07) is 13.4. The predicted molar refractivity (Wildman–Crippen MR) is 127 cm³/mol. The standard InChI is InChI=1S/C25H23FN4O2.ClH/c1-29-22-11-18(5-6-20(22)25-21-7-4-16(28-21)10-23(25)29)30-9-8-19(12-24(30)31)32-14-17-3-2-15(26)13-27-17;/h2-3,5-6,8-9,11-13,16,21,28H,4,7,10,14H2,1H3;1H. The van der Waals surface area contributed by atoms with E-state index < -0.39 is 5.82 Å². The molecule has 8 heteroatoms. The van der Waals surface area contributed by atoms with Crippen LogP contribution in [0.5, 0.6) is 5.75 Å². The number of nitrogens with zero attached hydrogens (tertiary/aromatic N) is 3. The van der Waals surface area contributed by atoms with Gasteiger partial charge in [-0.1, -0.05) is 6.07 Å². The maximum Gasteiger partial charge on any atom is 0.258 e. The van der Waals surface area contributed by atoms with Crippen molar-refractivity contribution in [1.82, 2.24) is 19.4 Å². The number of halogens is 2. The van der Waals surface area contributed by atoms with Gasteiger partial charge in [-0.05, 0) is 48.7 Å². The largest absolute Gasteiger partial charge is 0.487 e. The molecule has 2 bridgehead atoms. The minimum absolute atomic E-state index is 0. The maximum absolute atomic E-state index is 13.0. The minimum atomic E-state index is -0.392. The van der Waals surface area contributed by atoms with Gasteiger partial charge < -0.3 is 14.6 Å². The van der Waals surface area contributed by atoms with Crippen LogP contribution in [0.15, 0.2) is 59.7 Å².